The highest BCUT2D eigenvalue weighted by atomic mass is 16.5. The smallest absolute Gasteiger partial charge is 0.411 e. The number of anilines is 1. The lowest BCUT2D eigenvalue weighted by Gasteiger charge is -2.17. The van der Waals surface area contributed by atoms with Gasteiger partial charge < -0.3 is 4.74 Å². The molecular formula is C14H21NO2. The number of ether oxygens (including phenoxy) is 1. The number of methoxy groups -OCH3 is 1. The maximum absolute atomic E-state index is 11.1. The van der Waals surface area contributed by atoms with Crippen molar-refractivity contribution >= 4 is 11.8 Å². The summed E-state index contributed by atoms with van der Waals surface area (Å²) < 4.78 is 4.56. The minimum Gasteiger partial charge on any atom is -0.453 e. The van der Waals surface area contributed by atoms with Crippen molar-refractivity contribution in [1.82, 2.24) is 0 Å². The molecule has 0 spiro atoms. The van der Waals surface area contributed by atoms with Gasteiger partial charge in [-0.25, -0.2) is 4.79 Å². The van der Waals surface area contributed by atoms with Gasteiger partial charge in [0.2, 0.25) is 0 Å². The Kier molecular flexibility index (Phi) is 4.55. The highest BCUT2D eigenvalue weighted by molar-refractivity contribution is 5.84. The van der Waals surface area contributed by atoms with Crippen molar-refractivity contribution in [3.8, 4) is 0 Å². The zero-order valence-corrected chi connectivity index (χ0v) is 11.0. The number of benzene rings is 1. The van der Waals surface area contributed by atoms with E-state index < -0.39 is 6.09 Å². The molecule has 0 saturated carbocycles. The zero-order valence-electron chi connectivity index (χ0n) is 11.0. The fraction of sp³-hybridized carbons (Fsp3) is 0.500. The SMILES string of the molecule is COC(=O)Nc1cccc(CCC(C)(C)C)c1. The fourth-order valence-electron chi connectivity index (χ4n) is 1.49. The predicted molar refractivity (Wildman–Crippen MR) is 70.2 cm³/mol. The second-order valence-electron chi connectivity index (χ2n) is 5.38. The van der Waals surface area contributed by atoms with Gasteiger partial charge in [-0.1, -0.05) is 32.9 Å². The molecule has 0 aliphatic carbocycles. The van der Waals surface area contributed by atoms with Crippen molar-refractivity contribution in [1.29, 1.82) is 0 Å². The van der Waals surface area contributed by atoms with E-state index in [1.54, 1.807) is 0 Å². The summed E-state index contributed by atoms with van der Waals surface area (Å²) in [5, 5.41) is 2.67. The Bertz CT molecular complexity index is 380. The topological polar surface area (TPSA) is 38.3 Å². The summed E-state index contributed by atoms with van der Waals surface area (Å²) >= 11 is 0. The first kappa shape index (κ1) is 13.6. The van der Waals surface area contributed by atoms with Gasteiger partial charge in [-0.3, -0.25) is 5.32 Å². The minimum absolute atomic E-state index is 0.325. The Balaban J connectivity index is 2.63. The standard InChI is InChI=1S/C14H21NO2/c1-14(2,3)9-8-11-6-5-7-12(10-11)15-13(16)17-4/h5-7,10H,8-9H2,1-4H3,(H,15,16). The molecule has 0 heterocycles. The number of amides is 1. The summed E-state index contributed by atoms with van der Waals surface area (Å²) in [6.45, 7) is 6.68. The van der Waals surface area contributed by atoms with Crippen molar-refractivity contribution in [2.24, 2.45) is 5.41 Å². The van der Waals surface area contributed by atoms with Crippen LogP contribution in [0.3, 0.4) is 0 Å². The molecule has 1 aromatic carbocycles. The number of carbonyl (C=O) groups excluding carboxylic acids is 1. The normalized spacial score (nSPS) is 11.1. The van der Waals surface area contributed by atoms with Crippen molar-refractivity contribution in [3.05, 3.63) is 29.8 Å². The molecule has 17 heavy (non-hydrogen) atoms. The molecule has 3 nitrogen and oxygen atoms in total. The van der Waals surface area contributed by atoms with Crippen LogP contribution in [0.15, 0.2) is 24.3 Å². The van der Waals surface area contributed by atoms with Crippen LogP contribution in [0.1, 0.15) is 32.8 Å². The lowest BCUT2D eigenvalue weighted by Crippen LogP contribution is -2.11. The molecule has 0 aliphatic rings. The van der Waals surface area contributed by atoms with E-state index in [0.717, 1.165) is 18.5 Å². The maximum Gasteiger partial charge on any atom is 0.411 e. The average molecular weight is 235 g/mol. The number of aryl methyl sites for hydroxylation is 1. The summed E-state index contributed by atoms with van der Waals surface area (Å²) in [6, 6.07) is 7.87. The molecule has 0 saturated heterocycles. The first-order valence-corrected chi connectivity index (χ1v) is 5.84. The summed E-state index contributed by atoms with van der Waals surface area (Å²) in [5.41, 5.74) is 2.34. The van der Waals surface area contributed by atoms with Crippen LogP contribution < -0.4 is 5.32 Å². The molecule has 0 bridgehead atoms. The van der Waals surface area contributed by atoms with Crippen molar-refractivity contribution in [2.75, 3.05) is 12.4 Å². The molecule has 1 aromatic rings. The van der Waals surface area contributed by atoms with E-state index in [4.69, 9.17) is 0 Å². The van der Waals surface area contributed by atoms with Crippen molar-refractivity contribution in [2.45, 2.75) is 33.6 Å². The van der Waals surface area contributed by atoms with E-state index >= 15 is 0 Å². The van der Waals surface area contributed by atoms with Crippen LogP contribution in [-0.4, -0.2) is 13.2 Å². The highest BCUT2D eigenvalue weighted by Gasteiger charge is 2.10. The van der Waals surface area contributed by atoms with Crippen molar-refractivity contribution < 1.29 is 9.53 Å². The van der Waals surface area contributed by atoms with Gasteiger partial charge in [0.15, 0.2) is 0 Å². The van der Waals surface area contributed by atoms with Gasteiger partial charge in [0, 0.05) is 5.69 Å². The second-order valence-corrected chi connectivity index (χ2v) is 5.38. The molecule has 1 rings (SSSR count). The van der Waals surface area contributed by atoms with Gasteiger partial charge in [0.1, 0.15) is 0 Å². The summed E-state index contributed by atoms with van der Waals surface area (Å²) in [6.07, 6.45) is 1.70. The zero-order chi connectivity index (χ0) is 12.9. The summed E-state index contributed by atoms with van der Waals surface area (Å²) in [5.74, 6) is 0. The predicted octanol–water partition coefficient (Wildman–Crippen LogP) is 3.84. The van der Waals surface area contributed by atoms with E-state index in [1.165, 1.54) is 12.7 Å². The quantitative estimate of drug-likeness (QED) is 0.864. The van der Waals surface area contributed by atoms with E-state index in [0.29, 0.717) is 5.41 Å². The van der Waals surface area contributed by atoms with Crippen LogP contribution in [0, 0.1) is 5.41 Å². The third kappa shape index (κ3) is 5.38. The number of hydrogen-bond donors (Lipinski definition) is 1. The lowest BCUT2D eigenvalue weighted by molar-refractivity contribution is 0.187. The van der Waals surface area contributed by atoms with Crippen LogP contribution in [-0.2, 0) is 11.2 Å². The van der Waals surface area contributed by atoms with Gasteiger partial charge in [0.05, 0.1) is 7.11 Å². The molecule has 1 amide bonds. The minimum atomic E-state index is -0.432. The molecule has 0 aromatic heterocycles. The molecule has 0 fully saturated rings. The Morgan fingerprint density at radius 3 is 2.65 bits per heavy atom. The molecule has 0 atom stereocenters. The Hall–Kier alpha value is -1.51. The summed E-state index contributed by atoms with van der Waals surface area (Å²) in [7, 11) is 1.36. The van der Waals surface area contributed by atoms with Crippen molar-refractivity contribution in [3.63, 3.8) is 0 Å². The molecule has 94 valence electrons. The van der Waals surface area contributed by atoms with Gasteiger partial charge in [-0.15, -0.1) is 0 Å². The van der Waals surface area contributed by atoms with E-state index in [2.05, 4.69) is 36.9 Å². The average Bonchev–Trinajstić information content (AvgIpc) is 2.26. The fourth-order valence-corrected chi connectivity index (χ4v) is 1.49. The van der Waals surface area contributed by atoms with Crippen LogP contribution in [0.5, 0.6) is 0 Å². The highest BCUT2D eigenvalue weighted by Crippen LogP contribution is 2.22. The van der Waals surface area contributed by atoms with E-state index in [1.807, 2.05) is 18.2 Å². The largest absolute Gasteiger partial charge is 0.453 e. The van der Waals surface area contributed by atoms with Crippen LogP contribution in [0.25, 0.3) is 0 Å². The van der Waals surface area contributed by atoms with E-state index in [-0.39, 0.29) is 0 Å². The molecular weight excluding hydrogens is 214 g/mol. The number of hydrogen-bond acceptors (Lipinski definition) is 2. The molecule has 0 radical (unpaired) electrons. The third-order valence-corrected chi connectivity index (χ3v) is 2.52. The molecule has 0 unspecified atom stereocenters. The van der Waals surface area contributed by atoms with Gasteiger partial charge in [-0.2, -0.15) is 0 Å². The Morgan fingerprint density at radius 2 is 2.06 bits per heavy atom. The lowest BCUT2D eigenvalue weighted by atomic mass is 9.89. The van der Waals surface area contributed by atoms with Crippen LogP contribution in [0.2, 0.25) is 0 Å². The Morgan fingerprint density at radius 1 is 1.35 bits per heavy atom. The number of carbonyl (C=O) groups is 1. The monoisotopic (exact) mass is 235 g/mol. The Labute approximate surface area is 103 Å². The van der Waals surface area contributed by atoms with Gasteiger partial charge in [-0.05, 0) is 36.0 Å². The van der Waals surface area contributed by atoms with Crippen LogP contribution >= 0.6 is 0 Å². The molecule has 3 heteroatoms. The molecule has 1 N–H and O–H groups in total. The van der Waals surface area contributed by atoms with Gasteiger partial charge >= 0.3 is 6.09 Å². The van der Waals surface area contributed by atoms with Crippen LogP contribution in [0.4, 0.5) is 10.5 Å². The second kappa shape index (κ2) is 5.71. The first-order valence-electron chi connectivity index (χ1n) is 5.84. The maximum atomic E-state index is 11.1. The first-order chi connectivity index (χ1) is 7.90. The summed E-state index contributed by atoms with van der Waals surface area (Å²) in [4.78, 5) is 11.1. The van der Waals surface area contributed by atoms with Gasteiger partial charge in [0.25, 0.3) is 0 Å². The number of nitrogens with one attached hydrogen (secondary N) is 1. The van der Waals surface area contributed by atoms with E-state index in [9.17, 15) is 4.79 Å². The third-order valence-electron chi connectivity index (χ3n) is 2.52. The number of rotatable bonds is 3. The molecule has 0 aliphatic heterocycles.